The van der Waals surface area contributed by atoms with Crippen molar-refractivity contribution in [1.29, 1.82) is 0 Å². The van der Waals surface area contributed by atoms with E-state index in [4.69, 9.17) is 9.57 Å². The first-order valence-corrected chi connectivity index (χ1v) is 7.05. The molecule has 9 nitrogen and oxygen atoms in total. The number of H-pyrrole nitrogens is 1. The largest absolute Gasteiger partial charge is 0.465 e. The molecule has 1 aromatic heterocycles. The summed E-state index contributed by atoms with van der Waals surface area (Å²) in [5.41, 5.74) is 1.62. The Morgan fingerprint density at radius 3 is 2.82 bits per heavy atom. The number of hydrogen-bond donors (Lipinski definition) is 2. The molecule has 2 aliphatic rings. The van der Waals surface area contributed by atoms with Crippen LogP contribution in [0, 0.1) is 0 Å². The minimum atomic E-state index is -1.01. The number of ether oxygens (including phenoxy) is 1. The summed E-state index contributed by atoms with van der Waals surface area (Å²) in [6, 6.07) is -0.158. The van der Waals surface area contributed by atoms with E-state index in [9.17, 15) is 14.7 Å². The van der Waals surface area contributed by atoms with E-state index in [0.29, 0.717) is 25.2 Å². The van der Waals surface area contributed by atoms with Crippen LogP contribution in [0.1, 0.15) is 28.7 Å². The number of aromatic amines is 1. The Labute approximate surface area is 126 Å². The van der Waals surface area contributed by atoms with Gasteiger partial charge in [0.15, 0.2) is 5.69 Å². The number of aromatic nitrogens is 2. The number of carbonyl (C=O) groups excluding carboxylic acids is 1. The van der Waals surface area contributed by atoms with E-state index >= 15 is 0 Å². The van der Waals surface area contributed by atoms with Crippen molar-refractivity contribution >= 4 is 12.0 Å². The number of fused-ring (bicyclic) bond motifs is 1. The summed E-state index contributed by atoms with van der Waals surface area (Å²) < 4.78 is 4.99. The summed E-state index contributed by atoms with van der Waals surface area (Å²) in [7, 11) is 1.52. The molecule has 0 aromatic carbocycles. The smallest absolute Gasteiger partial charge is 0.407 e. The Bertz CT molecular complexity index is 597. The lowest BCUT2D eigenvalue weighted by atomic mass is 10.00. The number of nitrogens with one attached hydrogen (secondary N) is 1. The van der Waals surface area contributed by atoms with Gasteiger partial charge in [-0.15, -0.1) is 0 Å². The second kappa shape index (κ2) is 5.58. The van der Waals surface area contributed by atoms with Crippen molar-refractivity contribution in [3.63, 3.8) is 0 Å². The minimum Gasteiger partial charge on any atom is -0.465 e. The zero-order chi connectivity index (χ0) is 15.9. The van der Waals surface area contributed by atoms with Gasteiger partial charge in [-0.2, -0.15) is 5.10 Å². The lowest BCUT2D eigenvalue weighted by Crippen LogP contribution is -2.44. The van der Waals surface area contributed by atoms with Gasteiger partial charge in [0.2, 0.25) is 0 Å². The Morgan fingerprint density at radius 1 is 1.50 bits per heavy atom. The van der Waals surface area contributed by atoms with Gasteiger partial charge >= 0.3 is 6.09 Å². The van der Waals surface area contributed by atoms with Gasteiger partial charge < -0.3 is 14.7 Å². The molecule has 1 atom stereocenters. The minimum absolute atomic E-state index is 0.126. The van der Waals surface area contributed by atoms with Crippen molar-refractivity contribution in [3.05, 3.63) is 17.0 Å². The molecule has 2 amide bonds. The van der Waals surface area contributed by atoms with Crippen LogP contribution in [0.3, 0.4) is 0 Å². The van der Waals surface area contributed by atoms with Crippen molar-refractivity contribution in [2.75, 3.05) is 20.3 Å². The van der Waals surface area contributed by atoms with Crippen molar-refractivity contribution in [2.45, 2.75) is 32.0 Å². The highest BCUT2D eigenvalue weighted by Crippen LogP contribution is 2.25. The Balaban J connectivity index is 1.78. The number of carbonyl (C=O) groups is 2. The molecule has 0 spiro atoms. The molecule has 3 rings (SSSR count). The maximum absolute atomic E-state index is 12.4. The van der Waals surface area contributed by atoms with Crippen molar-refractivity contribution in [2.24, 2.45) is 0 Å². The number of rotatable bonds is 3. The van der Waals surface area contributed by atoms with Gasteiger partial charge in [-0.25, -0.2) is 9.86 Å². The lowest BCUT2D eigenvalue weighted by molar-refractivity contribution is -0.226. The van der Waals surface area contributed by atoms with E-state index in [1.54, 1.807) is 0 Å². The first-order valence-electron chi connectivity index (χ1n) is 7.05. The molecule has 9 heteroatoms. The van der Waals surface area contributed by atoms with Crippen LogP contribution >= 0.6 is 0 Å². The average molecular weight is 310 g/mol. The normalized spacial score (nSPS) is 21.2. The van der Waals surface area contributed by atoms with Gasteiger partial charge in [-0.3, -0.25) is 14.7 Å². The molecular weight excluding hydrogens is 292 g/mol. The van der Waals surface area contributed by atoms with E-state index in [0.717, 1.165) is 10.8 Å². The maximum Gasteiger partial charge on any atom is 0.407 e. The fourth-order valence-corrected chi connectivity index (χ4v) is 2.60. The van der Waals surface area contributed by atoms with Gasteiger partial charge in [0.1, 0.15) is 6.10 Å². The van der Waals surface area contributed by atoms with Crippen LogP contribution in [0.25, 0.3) is 0 Å². The quantitative estimate of drug-likeness (QED) is 0.774. The van der Waals surface area contributed by atoms with Gasteiger partial charge in [0.05, 0.1) is 19.8 Å². The van der Waals surface area contributed by atoms with E-state index in [-0.39, 0.29) is 24.4 Å². The van der Waals surface area contributed by atoms with E-state index in [2.05, 4.69) is 10.2 Å². The third-order valence-corrected chi connectivity index (χ3v) is 3.96. The molecular formula is C13H18N4O5. The van der Waals surface area contributed by atoms with Crippen molar-refractivity contribution in [1.82, 2.24) is 20.2 Å². The molecule has 0 bridgehead atoms. The molecule has 0 aliphatic carbocycles. The van der Waals surface area contributed by atoms with Crippen molar-refractivity contribution < 1.29 is 24.3 Å². The average Bonchev–Trinajstić information content (AvgIpc) is 2.83. The third kappa shape index (κ3) is 2.53. The molecule has 1 unspecified atom stereocenters. The maximum atomic E-state index is 12.4. The summed E-state index contributed by atoms with van der Waals surface area (Å²) in [6.07, 6.45) is -0.628. The number of nitrogens with zero attached hydrogens (tertiary/aromatic N) is 3. The van der Waals surface area contributed by atoms with Crippen LogP contribution in [0.15, 0.2) is 0 Å². The summed E-state index contributed by atoms with van der Waals surface area (Å²) in [5, 5.41) is 17.2. The molecule has 120 valence electrons. The van der Waals surface area contributed by atoms with Gasteiger partial charge in [-0.1, -0.05) is 0 Å². The molecule has 22 heavy (non-hydrogen) atoms. The lowest BCUT2D eigenvalue weighted by Gasteiger charge is -2.31. The summed E-state index contributed by atoms with van der Waals surface area (Å²) in [4.78, 5) is 30.4. The Hall–Kier alpha value is -2.13. The molecule has 2 aliphatic heterocycles. The van der Waals surface area contributed by atoms with Crippen LogP contribution in [0.5, 0.6) is 0 Å². The topological polar surface area (TPSA) is 108 Å². The molecule has 1 saturated heterocycles. The number of hydrogen-bond acceptors (Lipinski definition) is 5. The van der Waals surface area contributed by atoms with Gasteiger partial charge in [0.25, 0.3) is 5.91 Å². The summed E-state index contributed by atoms with van der Waals surface area (Å²) >= 11 is 0. The molecule has 0 saturated carbocycles. The SMILES string of the molecule is CC1Cc2[nH]nc(C(=O)N(C)OC3COC3)c2CN1C(=O)O. The fraction of sp³-hybridized carbons (Fsp3) is 0.615. The van der Waals surface area contributed by atoms with E-state index < -0.39 is 12.0 Å². The number of carboxylic acid groups (broad SMARTS) is 1. The second-order valence-electron chi connectivity index (χ2n) is 5.56. The first kappa shape index (κ1) is 14.8. The van der Waals surface area contributed by atoms with E-state index in [1.165, 1.54) is 11.9 Å². The fourth-order valence-electron chi connectivity index (χ4n) is 2.60. The number of hydroxylamine groups is 2. The summed E-state index contributed by atoms with van der Waals surface area (Å²) in [5.74, 6) is -0.399. The van der Waals surface area contributed by atoms with Crippen molar-refractivity contribution in [3.8, 4) is 0 Å². The van der Waals surface area contributed by atoms with Crippen LogP contribution in [0.4, 0.5) is 4.79 Å². The third-order valence-electron chi connectivity index (χ3n) is 3.96. The zero-order valence-electron chi connectivity index (χ0n) is 12.4. The van der Waals surface area contributed by atoms with E-state index in [1.807, 2.05) is 6.92 Å². The molecule has 1 fully saturated rings. The zero-order valence-corrected chi connectivity index (χ0v) is 12.4. The van der Waals surface area contributed by atoms with Crippen LogP contribution in [0.2, 0.25) is 0 Å². The highest BCUT2D eigenvalue weighted by Gasteiger charge is 2.33. The van der Waals surface area contributed by atoms with Crippen LogP contribution in [-0.2, 0) is 22.5 Å². The van der Waals surface area contributed by atoms with Gasteiger partial charge in [0, 0.05) is 30.8 Å². The molecule has 2 N–H and O–H groups in total. The monoisotopic (exact) mass is 310 g/mol. The predicted molar refractivity (Wildman–Crippen MR) is 73.1 cm³/mol. The molecule has 3 heterocycles. The molecule has 0 radical (unpaired) electrons. The van der Waals surface area contributed by atoms with Gasteiger partial charge in [-0.05, 0) is 6.92 Å². The first-order chi connectivity index (χ1) is 10.5. The highest BCUT2D eigenvalue weighted by molar-refractivity contribution is 5.93. The van der Waals surface area contributed by atoms with Crippen LogP contribution < -0.4 is 0 Å². The predicted octanol–water partition coefficient (Wildman–Crippen LogP) is 0.237. The Kier molecular flexibility index (Phi) is 3.75. The van der Waals surface area contributed by atoms with Crippen LogP contribution in [-0.4, -0.2) is 69.7 Å². The number of amides is 2. The highest BCUT2D eigenvalue weighted by atomic mass is 16.7. The standard InChI is InChI=1S/C13H18N4O5/c1-7-3-10-9(4-17(7)13(19)20)11(15-14-10)12(18)16(2)22-8-5-21-6-8/h7-8H,3-6H2,1-2H3,(H,14,15)(H,19,20). The Morgan fingerprint density at radius 2 is 2.23 bits per heavy atom. The second-order valence-corrected chi connectivity index (χ2v) is 5.56. The summed E-state index contributed by atoms with van der Waals surface area (Å²) in [6.45, 7) is 2.89. The molecule has 1 aromatic rings.